The summed E-state index contributed by atoms with van der Waals surface area (Å²) >= 11 is 4.61. The SMILES string of the molecule is CCN1CCN(c2cc(F)c(C=NNC(N)=S)cc2F)C[C@@H]1CC(C)C. The molecule has 1 atom stereocenters. The Morgan fingerprint density at radius 3 is 2.73 bits per heavy atom. The van der Waals surface area contributed by atoms with Gasteiger partial charge in [0.25, 0.3) is 0 Å². The maximum absolute atomic E-state index is 14.6. The van der Waals surface area contributed by atoms with E-state index in [0.29, 0.717) is 30.7 Å². The molecule has 0 spiro atoms. The third-order valence-corrected chi connectivity index (χ3v) is 4.63. The van der Waals surface area contributed by atoms with Crippen LogP contribution in [-0.2, 0) is 0 Å². The van der Waals surface area contributed by atoms with Crippen molar-refractivity contribution in [3.8, 4) is 0 Å². The molecule has 1 aliphatic heterocycles. The number of anilines is 1. The number of nitrogens with two attached hydrogens (primary N) is 1. The Kier molecular flexibility index (Phi) is 7.28. The van der Waals surface area contributed by atoms with Gasteiger partial charge < -0.3 is 10.6 Å². The largest absolute Gasteiger partial charge is 0.375 e. The molecule has 1 aromatic carbocycles. The Bertz CT molecular complexity index is 665. The van der Waals surface area contributed by atoms with E-state index >= 15 is 0 Å². The number of piperazine rings is 1. The number of likely N-dealkylation sites (N-methyl/N-ethyl adjacent to an activating group) is 1. The van der Waals surface area contributed by atoms with Crippen LogP contribution in [-0.4, -0.2) is 48.4 Å². The van der Waals surface area contributed by atoms with E-state index in [4.69, 9.17) is 5.73 Å². The molecule has 5 nitrogen and oxygen atoms in total. The Labute approximate surface area is 159 Å². The van der Waals surface area contributed by atoms with E-state index < -0.39 is 11.6 Å². The summed E-state index contributed by atoms with van der Waals surface area (Å²) in [6.45, 7) is 9.68. The Morgan fingerprint density at radius 1 is 1.38 bits per heavy atom. The Balaban J connectivity index is 2.18. The maximum atomic E-state index is 14.6. The van der Waals surface area contributed by atoms with Gasteiger partial charge in [0.1, 0.15) is 11.6 Å². The second-order valence-corrected chi connectivity index (χ2v) is 7.36. The van der Waals surface area contributed by atoms with Crippen LogP contribution in [0.25, 0.3) is 0 Å². The van der Waals surface area contributed by atoms with E-state index in [1.807, 2.05) is 4.90 Å². The number of halogens is 2. The molecular weight excluding hydrogens is 356 g/mol. The summed E-state index contributed by atoms with van der Waals surface area (Å²) < 4.78 is 29.0. The van der Waals surface area contributed by atoms with E-state index in [1.54, 1.807) is 0 Å². The fourth-order valence-electron chi connectivity index (χ4n) is 3.35. The number of hydrogen-bond donors (Lipinski definition) is 2. The molecule has 1 aliphatic rings. The molecule has 0 saturated carbocycles. The maximum Gasteiger partial charge on any atom is 0.184 e. The fraction of sp³-hybridized carbons (Fsp3) is 0.556. The summed E-state index contributed by atoms with van der Waals surface area (Å²) in [6.07, 6.45) is 2.20. The van der Waals surface area contributed by atoms with Crippen molar-refractivity contribution in [1.29, 1.82) is 0 Å². The fourth-order valence-corrected chi connectivity index (χ4v) is 3.41. The first kappa shape index (κ1) is 20.5. The molecule has 1 fully saturated rings. The van der Waals surface area contributed by atoms with Crippen LogP contribution in [0.3, 0.4) is 0 Å². The molecule has 3 N–H and O–H groups in total. The lowest BCUT2D eigenvalue weighted by molar-refractivity contribution is 0.163. The van der Waals surface area contributed by atoms with Gasteiger partial charge in [-0.2, -0.15) is 5.10 Å². The molecule has 0 aliphatic carbocycles. The number of nitrogens with one attached hydrogen (secondary N) is 1. The molecule has 2 rings (SSSR count). The minimum absolute atomic E-state index is 0.0382. The minimum Gasteiger partial charge on any atom is -0.375 e. The van der Waals surface area contributed by atoms with Gasteiger partial charge in [0.15, 0.2) is 5.11 Å². The topological polar surface area (TPSA) is 56.9 Å². The minimum atomic E-state index is -0.534. The van der Waals surface area contributed by atoms with Gasteiger partial charge in [-0.3, -0.25) is 10.3 Å². The zero-order chi connectivity index (χ0) is 19.3. The zero-order valence-electron chi connectivity index (χ0n) is 15.5. The normalized spacial score (nSPS) is 18.7. The lowest BCUT2D eigenvalue weighted by Crippen LogP contribution is -2.53. The number of rotatable bonds is 6. The first-order valence-electron chi connectivity index (χ1n) is 8.88. The van der Waals surface area contributed by atoms with E-state index in [-0.39, 0.29) is 10.7 Å². The second-order valence-electron chi connectivity index (χ2n) is 6.92. The summed E-state index contributed by atoms with van der Waals surface area (Å²) in [7, 11) is 0. The van der Waals surface area contributed by atoms with Crippen LogP contribution in [0.2, 0.25) is 0 Å². The first-order chi connectivity index (χ1) is 12.3. The molecular formula is C18H27F2N5S. The third kappa shape index (κ3) is 5.35. The molecule has 0 unspecified atom stereocenters. The molecule has 1 heterocycles. The van der Waals surface area contributed by atoms with Gasteiger partial charge >= 0.3 is 0 Å². The third-order valence-electron chi connectivity index (χ3n) is 4.54. The lowest BCUT2D eigenvalue weighted by atomic mass is 9.99. The van der Waals surface area contributed by atoms with Gasteiger partial charge in [-0.05, 0) is 37.2 Å². The van der Waals surface area contributed by atoms with Crippen molar-refractivity contribution in [2.45, 2.75) is 33.2 Å². The Morgan fingerprint density at radius 2 is 2.12 bits per heavy atom. The van der Waals surface area contributed by atoms with E-state index in [0.717, 1.165) is 31.8 Å². The highest BCUT2D eigenvalue weighted by molar-refractivity contribution is 7.80. The first-order valence-corrected chi connectivity index (χ1v) is 9.29. The summed E-state index contributed by atoms with van der Waals surface area (Å²) in [5.74, 6) is -0.445. The smallest absolute Gasteiger partial charge is 0.184 e. The van der Waals surface area contributed by atoms with Crippen LogP contribution in [0.4, 0.5) is 14.5 Å². The van der Waals surface area contributed by atoms with Gasteiger partial charge in [-0.1, -0.05) is 20.8 Å². The molecule has 26 heavy (non-hydrogen) atoms. The van der Waals surface area contributed by atoms with Gasteiger partial charge in [-0.15, -0.1) is 0 Å². The van der Waals surface area contributed by atoms with Crippen LogP contribution in [0.1, 0.15) is 32.8 Å². The highest BCUT2D eigenvalue weighted by atomic mass is 32.1. The average molecular weight is 384 g/mol. The second kappa shape index (κ2) is 9.23. The van der Waals surface area contributed by atoms with Gasteiger partial charge in [-0.25, -0.2) is 8.78 Å². The van der Waals surface area contributed by atoms with Crippen molar-refractivity contribution in [3.05, 3.63) is 29.3 Å². The predicted molar refractivity (Wildman–Crippen MR) is 107 cm³/mol. The van der Waals surface area contributed by atoms with E-state index in [9.17, 15) is 8.78 Å². The van der Waals surface area contributed by atoms with Crippen molar-refractivity contribution in [1.82, 2.24) is 10.3 Å². The molecule has 0 bridgehead atoms. The highest BCUT2D eigenvalue weighted by Crippen LogP contribution is 2.27. The zero-order valence-corrected chi connectivity index (χ0v) is 16.3. The van der Waals surface area contributed by atoms with Crippen molar-refractivity contribution in [3.63, 3.8) is 0 Å². The molecule has 1 aromatic rings. The van der Waals surface area contributed by atoms with Crippen LogP contribution in [0.5, 0.6) is 0 Å². The van der Waals surface area contributed by atoms with Crippen molar-refractivity contribution >= 4 is 29.2 Å². The number of nitrogens with zero attached hydrogens (tertiary/aromatic N) is 3. The van der Waals surface area contributed by atoms with Crippen LogP contribution >= 0.6 is 12.2 Å². The highest BCUT2D eigenvalue weighted by Gasteiger charge is 2.28. The summed E-state index contributed by atoms with van der Waals surface area (Å²) in [6, 6.07) is 2.73. The summed E-state index contributed by atoms with van der Waals surface area (Å²) in [5, 5.41) is 3.64. The molecule has 0 aromatic heterocycles. The van der Waals surface area contributed by atoms with Crippen LogP contribution < -0.4 is 16.1 Å². The summed E-state index contributed by atoms with van der Waals surface area (Å²) in [4.78, 5) is 4.35. The van der Waals surface area contributed by atoms with Gasteiger partial charge in [0.05, 0.1) is 11.9 Å². The lowest BCUT2D eigenvalue weighted by Gasteiger charge is -2.43. The molecule has 144 valence electrons. The van der Waals surface area contributed by atoms with Crippen molar-refractivity contribution in [2.24, 2.45) is 16.8 Å². The summed E-state index contributed by atoms with van der Waals surface area (Å²) in [5.41, 5.74) is 7.91. The monoisotopic (exact) mass is 383 g/mol. The van der Waals surface area contributed by atoms with Crippen molar-refractivity contribution < 1.29 is 8.78 Å². The molecule has 0 amide bonds. The average Bonchev–Trinajstić information content (AvgIpc) is 2.56. The molecule has 1 saturated heterocycles. The number of benzene rings is 1. The molecule has 8 heteroatoms. The van der Waals surface area contributed by atoms with Crippen molar-refractivity contribution in [2.75, 3.05) is 31.1 Å². The van der Waals surface area contributed by atoms with E-state index in [2.05, 4.69) is 48.4 Å². The predicted octanol–water partition coefficient (Wildman–Crippen LogP) is 2.69. The molecule has 0 radical (unpaired) electrons. The van der Waals surface area contributed by atoms with E-state index in [1.165, 1.54) is 6.07 Å². The number of hydrogen-bond acceptors (Lipinski definition) is 4. The number of thiocarbonyl (C=S) groups is 1. The van der Waals surface area contributed by atoms with Gasteiger partial charge in [0, 0.05) is 37.3 Å². The van der Waals surface area contributed by atoms with Gasteiger partial charge in [0.2, 0.25) is 0 Å². The quantitative estimate of drug-likeness (QED) is 0.449. The Hall–Kier alpha value is -1.80. The number of hydrazone groups is 1. The standard InChI is InChI=1S/C18H27F2N5S/c1-4-24-5-6-25(11-14(24)7-12(2)3)17-9-15(19)13(8-16(17)20)10-22-23-18(21)26/h8-10,12,14H,4-7,11H2,1-3H3,(H3,21,23,26)/t14-/m0/s1. The van der Waals surface area contributed by atoms with Crippen LogP contribution in [0.15, 0.2) is 17.2 Å². The van der Waals surface area contributed by atoms with Crippen LogP contribution in [0, 0.1) is 17.6 Å².